The molecule has 1 aromatic heterocycles. The van der Waals surface area contributed by atoms with Crippen LogP contribution < -0.4 is 11.1 Å². The Morgan fingerprint density at radius 1 is 1.37 bits per heavy atom. The van der Waals surface area contributed by atoms with E-state index in [0.29, 0.717) is 5.82 Å². The molecule has 0 aliphatic carbocycles. The lowest BCUT2D eigenvalue weighted by Gasteiger charge is -2.19. The molecule has 1 amide bonds. The number of carbonyl (C=O) groups is 1. The minimum Gasteiger partial charge on any atom is -0.323 e. The van der Waals surface area contributed by atoms with Crippen molar-refractivity contribution in [2.24, 2.45) is 11.7 Å². The molecule has 5 heteroatoms. The van der Waals surface area contributed by atoms with Crippen molar-refractivity contribution in [2.45, 2.75) is 19.9 Å². The van der Waals surface area contributed by atoms with E-state index >= 15 is 0 Å². The first-order chi connectivity index (χ1) is 9.08. The van der Waals surface area contributed by atoms with Gasteiger partial charge in [-0.3, -0.25) is 9.89 Å². The number of amides is 1. The quantitative estimate of drug-likeness (QED) is 0.784. The molecule has 0 aliphatic rings. The summed E-state index contributed by atoms with van der Waals surface area (Å²) < 4.78 is 0. The third kappa shape index (κ3) is 3.20. The number of nitrogens with zero attached hydrogens (tertiary/aromatic N) is 1. The fourth-order valence-corrected chi connectivity index (χ4v) is 1.85. The molecule has 0 saturated heterocycles. The summed E-state index contributed by atoms with van der Waals surface area (Å²) in [6.07, 6.45) is 0. The minimum atomic E-state index is -0.334. The molecule has 2 atom stereocenters. The first kappa shape index (κ1) is 13.3. The van der Waals surface area contributed by atoms with Gasteiger partial charge < -0.3 is 11.1 Å². The molecule has 100 valence electrons. The van der Waals surface area contributed by atoms with Crippen LogP contribution in [-0.4, -0.2) is 16.1 Å². The molecule has 0 spiro atoms. The average molecular weight is 258 g/mol. The zero-order chi connectivity index (χ0) is 13.8. The van der Waals surface area contributed by atoms with Crippen LogP contribution in [0.1, 0.15) is 24.2 Å². The number of hydrogen-bond acceptors (Lipinski definition) is 3. The van der Waals surface area contributed by atoms with Gasteiger partial charge in [-0.25, -0.2) is 0 Å². The Morgan fingerprint density at radius 3 is 2.63 bits per heavy atom. The van der Waals surface area contributed by atoms with E-state index in [1.807, 2.05) is 44.2 Å². The van der Waals surface area contributed by atoms with Crippen LogP contribution in [-0.2, 0) is 4.79 Å². The second-order valence-electron chi connectivity index (χ2n) is 4.65. The average Bonchev–Trinajstić information content (AvgIpc) is 2.83. The van der Waals surface area contributed by atoms with Crippen LogP contribution in [0.25, 0.3) is 0 Å². The Morgan fingerprint density at radius 2 is 2.05 bits per heavy atom. The first-order valence-electron chi connectivity index (χ1n) is 6.21. The number of rotatable bonds is 4. The Bertz CT molecular complexity index is 550. The van der Waals surface area contributed by atoms with Gasteiger partial charge in [0.1, 0.15) is 0 Å². The molecule has 0 bridgehead atoms. The lowest BCUT2D eigenvalue weighted by molar-refractivity contribution is -0.120. The predicted octanol–water partition coefficient (Wildman–Crippen LogP) is 1.99. The largest absolute Gasteiger partial charge is 0.323 e. The molecular formula is C14H18N4O. The molecule has 19 heavy (non-hydrogen) atoms. The Balaban J connectivity index is 2.03. The van der Waals surface area contributed by atoms with Crippen molar-refractivity contribution >= 4 is 11.7 Å². The summed E-state index contributed by atoms with van der Waals surface area (Å²) >= 11 is 0. The molecule has 0 aliphatic heterocycles. The van der Waals surface area contributed by atoms with E-state index in [2.05, 4.69) is 15.5 Å². The molecule has 4 N–H and O–H groups in total. The third-order valence-electron chi connectivity index (χ3n) is 3.09. The monoisotopic (exact) mass is 258 g/mol. The van der Waals surface area contributed by atoms with Crippen molar-refractivity contribution in [3.05, 3.63) is 47.7 Å². The Hall–Kier alpha value is -2.14. The van der Waals surface area contributed by atoms with E-state index < -0.39 is 0 Å². The van der Waals surface area contributed by atoms with Crippen LogP contribution in [0.15, 0.2) is 36.4 Å². The molecule has 1 heterocycles. The van der Waals surface area contributed by atoms with Crippen molar-refractivity contribution in [1.82, 2.24) is 10.2 Å². The molecule has 5 nitrogen and oxygen atoms in total. The summed E-state index contributed by atoms with van der Waals surface area (Å²) in [5.74, 6) is 0.0527. The van der Waals surface area contributed by atoms with Crippen LogP contribution in [0, 0.1) is 12.8 Å². The lowest BCUT2D eigenvalue weighted by atomic mass is 9.95. The van der Waals surface area contributed by atoms with Gasteiger partial charge in [-0.2, -0.15) is 5.10 Å². The van der Waals surface area contributed by atoms with E-state index in [4.69, 9.17) is 5.73 Å². The van der Waals surface area contributed by atoms with Crippen LogP contribution in [0.4, 0.5) is 5.82 Å². The highest BCUT2D eigenvalue weighted by molar-refractivity contribution is 5.92. The maximum absolute atomic E-state index is 12.1. The fourth-order valence-electron chi connectivity index (χ4n) is 1.85. The number of aromatic nitrogens is 2. The summed E-state index contributed by atoms with van der Waals surface area (Å²) in [7, 11) is 0. The molecule has 2 unspecified atom stereocenters. The molecule has 0 saturated carbocycles. The molecular weight excluding hydrogens is 240 g/mol. The van der Waals surface area contributed by atoms with Gasteiger partial charge in [-0.05, 0) is 12.5 Å². The van der Waals surface area contributed by atoms with Gasteiger partial charge >= 0.3 is 0 Å². The van der Waals surface area contributed by atoms with Crippen molar-refractivity contribution in [3.8, 4) is 0 Å². The molecule has 1 aromatic carbocycles. The van der Waals surface area contributed by atoms with Crippen molar-refractivity contribution < 1.29 is 4.79 Å². The number of aryl methyl sites for hydroxylation is 1. The number of H-pyrrole nitrogens is 1. The number of nitrogens with two attached hydrogens (primary N) is 1. The summed E-state index contributed by atoms with van der Waals surface area (Å²) in [6.45, 7) is 3.69. The fraction of sp³-hybridized carbons (Fsp3) is 0.286. The highest BCUT2D eigenvalue weighted by Gasteiger charge is 2.22. The van der Waals surface area contributed by atoms with E-state index in [-0.39, 0.29) is 17.9 Å². The van der Waals surface area contributed by atoms with E-state index in [1.54, 1.807) is 6.07 Å². The number of hydrogen-bond donors (Lipinski definition) is 3. The van der Waals surface area contributed by atoms with Crippen LogP contribution in [0.5, 0.6) is 0 Å². The van der Waals surface area contributed by atoms with Gasteiger partial charge in [0.05, 0.1) is 5.92 Å². The second kappa shape index (κ2) is 5.67. The molecule has 0 fully saturated rings. The molecule has 2 rings (SSSR count). The zero-order valence-corrected chi connectivity index (χ0v) is 11.1. The highest BCUT2D eigenvalue weighted by Crippen LogP contribution is 2.20. The van der Waals surface area contributed by atoms with Gasteiger partial charge in [-0.1, -0.05) is 37.3 Å². The number of anilines is 1. The zero-order valence-electron chi connectivity index (χ0n) is 11.1. The topological polar surface area (TPSA) is 83.8 Å². The smallest absolute Gasteiger partial charge is 0.230 e. The van der Waals surface area contributed by atoms with Gasteiger partial charge in [0.2, 0.25) is 5.91 Å². The van der Waals surface area contributed by atoms with Crippen LogP contribution in [0.3, 0.4) is 0 Å². The van der Waals surface area contributed by atoms with Gasteiger partial charge in [0.15, 0.2) is 5.82 Å². The Kier molecular flexibility index (Phi) is 3.97. The number of nitrogens with one attached hydrogen (secondary N) is 2. The number of aromatic amines is 1. The van der Waals surface area contributed by atoms with Crippen LogP contribution in [0.2, 0.25) is 0 Å². The molecule has 2 aromatic rings. The van der Waals surface area contributed by atoms with Crippen LogP contribution >= 0.6 is 0 Å². The van der Waals surface area contributed by atoms with E-state index in [9.17, 15) is 4.79 Å². The van der Waals surface area contributed by atoms with Gasteiger partial charge in [0, 0.05) is 17.8 Å². The maximum Gasteiger partial charge on any atom is 0.230 e. The van der Waals surface area contributed by atoms with Gasteiger partial charge in [-0.15, -0.1) is 0 Å². The summed E-state index contributed by atoms with van der Waals surface area (Å²) in [5.41, 5.74) is 7.96. The summed E-state index contributed by atoms with van der Waals surface area (Å²) in [6, 6.07) is 11.0. The maximum atomic E-state index is 12.1. The minimum absolute atomic E-state index is 0.136. The second-order valence-corrected chi connectivity index (χ2v) is 4.65. The van der Waals surface area contributed by atoms with Crippen molar-refractivity contribution in [3.63, 3.8) is 0 Å². The normalized spacial score (nSPS) is 13.8. The highest BCUT2D eigenvalue weighted by atomic mass is 16.2. The predicted molar refractivity (Wildman–Crippen MR) is 74.5 cm³/mol. The van der Waals surface area contributed by atoms with E-state index in [1.165, 1.54) is 0 Å². The third-order valence-corrected chi connectivity index (χ3v) is 3.09. The van der Waals surface area contributed by atoms with Crippen molar-refractivity contribution in [1.29, 1.82) is 0 Å². The van der Waals surface area contributed by atoms with E-state index in [0.717, 1.165) is 11.3 Å². The van der Waals surface area contributed by atoms with Gasteiger partial charge in [0.25, 0.3) is 0 Å². The summed E-state index contributed by atoms with van der Waals surface area (Å²) in [4.78, 5) is 12.1. The number of carbonyl (C=O) groups excluding carboxylic acids is 1. The first-order valence-corrected chi connectivity index (χ1v) is 6.21. The SMILES string of the molecule is Cc1cc(NC(=O)C(C)C(N)c2ccccc2)n[nH]1. The lowest BCUT2D eigenvalue weighted by Crippen LogP contribution is -2.30. The standard InChI is InChI=1S/C14H18N4O/c1-9-8-12(18-17-9)16-14(19)10(2)13(15)11-6-4-3-5-7-11/h3-8,10,13H,15H2,1-2H3,(H2,16,17,18,19). The molecule has 0 radical (unpaired) electrons. The van der Waals surface area contributed by atoms with Crippen molar-refractivity contribution in [2.75, 3.05) is 5.32 Å². The number of benzene rings is 1. The summed E-state index contributed by atoms with van der Waals surface area (Å²) in [5, 5.41) is 9.50. The Labute approximate surface area is 112 Å².